The van der Waals surface area contributed by atoms with Gasteiger partial charge in [0.25, 0.3) is 5.91 Å². The van der Waals surface area contributed by atoms with E-state index in [1.54, 1.807) is 25.3 Å². The van der Waals surface area contributed by atoms with Gasteiger partial charge in [0.05, 0.1) is 12.7 Å². The molecular weight excluding hydrogens is 354 g/mol. The van der Waals surface area contributed by atoms with Crippen LogP contribution in [-0.2, 0) is 0 Å². The third-order valence-electron chi connectivity index (χ3n) is 6.19. The fourth-order valence-electron chi connectivity index (χ4n) is 4.73. The first-order chi connectivity index (χ1) is 12.4. The highest BCUT2D eigenvalue weighted by molar-refractivity contribution is 6.31. The van der Waals surface area contributed by atoms with Crippen molar-refractivity contribution < 1.29 is 19.1 Å². The molecule has 5 nitrogen and oxygen atoms in total. The summed E-state index contributed by atoms with van der Waals surface area (Å²) >= 11 is 6.10. The molecule has 0 bridgehead atoms. The van der Waals surface area contributed by atoms with E-state index in [9.17, 15) is 9.90 Å². The van der Waals surface area contributed by atoms with Crippen LogP contribution in [0.1, 0.15) is 43.2 Å². The first kappa shape index (κ1) is 17.7. The van der Waals surface area contributed by atoms with Gasteiger partial charge in [-0.1, -0.05) is 24.9 Å². The molecule has 2 aliphatic rings. The van der Waals surface area contributed by atoms with Gasteiger partial charge in [-0.05, 0) is 37.3 Å². The summed E-state index contributed by atoms with van der Waals surface area (Å²) in [5.74, 6) is 1.19. The van der Waals surface area contributed by atoms with E-state index in [1.807, 2.05) is 11.8 Å². The van der Waals surface area contributed by atoms with Gasteiger partial charge in [-0.3, -0.25) is 4.79 Å². The summed E-state index contributed by atoms with van der Waals surface area (Å²) in [7, 11) is 1.55. The Balaban J connectivity index is 1.62. The third kappa shape index (κ3) is 2.78. The maximum atomic E-state index is 13.0. The zero-order valence-electron chi connectivity index (χ0n) is 15.1. The maximum Gasteiger partial charge on any atom is 0.289 e. The number of nitrogens with zero attached hydrogens (tertiary/aromatic N) is 1. The number of ether oxygens (including phenoxy) is 1. The van der Waals surface area contributed by atoms with Crippen molar-refractivity contribution in [2.24, 2.45) is 11.8 Å². The lowest BCUT2D eigenvalue weighted by Gasteiger charge is -2.40. The molecule has 2 heterocycles. The molecule has 1 N–H and O–H groups in total. The SMILES string of the molecule is CC[C@]1(O)CCC[C@H]2CN(C(=O)c3cc4cc(Cl)cc(OC)c4o3)C[C@H]21. The predicted molar refractivity (Wildman–Crippen MR) is 99.8 cm³/mol. The second-order valence-electron chi connectivity index (χ2n) is 7.56. The Labute approximate surface area is 157 Å². The van der Waals surface area contributed by atoms with Crippen molar-refractivity contribution >= 4 is 28.5 Å². The number of methoxy groups -OCH3 is 1. The average Bonchev–Trinajstić information content (AvgIpc) is 3.25. The number of carbonyl (C=O) groups excluding carboxylic acids is 1. The number of halogens is 1. The number of hydrogen-bond donors (Lipinski definition) is 1. The molecule has 3 atom stereocenters. The van der Waals surface area contributed by atoms with E-state index < -0.39 is 5.60 Å². The molecule has 1 saturated heterocycles. The summed E-state index contributed by atoms with van der Waals surface area (Å²) in [6.07, 6.45) is 3.65. The van der Waals surface area contributed by atoms with Crippen LogP contribution in [0.25, 0.3) is 11.0 Å². The molecule has 2 aromatic rings. The lowest BCUT2D eigenvalue weighted by Crippen LogP contribution is -2.44. The van der Waals surface area contributed by atoms with Crippen LogP contribution in [0.15, 0.2) is 22.6 Å². The first-order valence-electron chi connectivity index (χ1n) is 9.24. The largest absolute Gasteiger partial charge is 0.493 e. The summed E-state index contributed by atoms with van der Waals surface area (Å²) in [4.78, 5) is 14.8. The number of amides is 1. The number of furan rings is 1. The third-order valence-corrected chi connectivity index (χ3v) is 6.41. The van der Waals surface area contributed by atoms with Crippen molar-refractivity contribution in [3.05, 3.63) is 29.0 Å². The molecule has 140 valence electrons. The van der Waals surface area contributed by atoms with Gasteiger partial charge in [-0.15, -0.1) is 0 Å². The summed E-state index contributed by atoms with van der Waals surface area (Å²) < 4.78 is 11.1. The maximum absolute atomic E-state index is 13.0. The van der Waals surface area contributed by atoms with E-state index in [-0.39, 0.29) is 11.8 Å². The molecule has 0 unspecified atom stereocenters. The quantitative estimate of drug-likeness (QED) is 0.874. The highest BCUT2D eigenvalue weighted by Gasteiger charge is 2.49. The number of aliphatic hydroxyl groups is 1. The van der Waals surface area contributed by atoms with Crippen LogP contribution in [0.2, 0.25) is 5.02 Å². The Morgan fingerprint density at radius 2 is 2.23 bits per heavy atom. The van der Waals surface area contributed by atoms with E-state index in [4.69, 9.17) is 20.8 Å². The summed E-state index contributed by atoms with van der Waals surface area (Å²) in [6, 6.07) is 5.16. The van der Waals surface area contributed by atoms with E-state index in [1.165, 1.54) is 0 Å². The van der Waals surface area contributed by atoms with Crippen LogP contribution in [0.4, 0.5) is 0 Å². The molecule has 2 fully saturated rings. The monoisotopic (exact) mass is 377 g/mol. The first-order valence-corrected chi connectivity index (χ1v) is 9.61. The summed E-state index contributed by atoms with van der Waals surface area (Å²) in [5.41, 5.74) is -0.121. The Bertz CT molecular complexity index is 848. The molecule has 0 radical (unpaired) electrons. The fourth-order valence-corrected chi connectivity index (χ4v) is 4.95. The van der Waals surface area contributed by atoms with Crippen molar-refractivity contribution in [3.63, 3.8) is 0 Å². The molecule has 1 aliphatic carbocycles. The molecule has 1 aromatic carbocycles. The van der Waals surface area contributed by atoms with Crippen LogP contribution >= 0.6 is 11.6 Å². The second kappa shape index (κ2) is 6.46. The molecular formula is C20H24ClNO4. The molecule has 1 aliphatic heterocycles. The summed E-state index contributed by atoms with van der Waals surface area (Å²) in [6.45, 7) is 3.30. The minimum absolute atomic E-state index is 0.132. The number of hydrogen-bond acceptors (Lipinski definition) is 4. The number of fused-ring (bicyclic) bond motifs is 2. The Morgan fingerprint density at radius 3 is 2.96 bits per heavy atom. The lowest BCUT2D eigenvalue weighted by molar-refractivity contribution is -0.0609. The Hall–Kier alpha value is -1.72. The molecule has 1 amide bonds. The van der Waals surface area contributed by atoms with E-state index in [0.29, 0.717) is 41.1 Å². The van der Waals surface area contributed by atoms with Gasteiger partial charge < -0.3 is 19.2 Å². The molecule has 1 saturated carbocycles. The fraction of sp³-hybridized carbons (Fsp3) is 0.550. The van der Waals surface area contributed by atoms with E-state index in [0.717, 1.165) is 31.1 Å². The normalized spacial score (nSPS) is 28.4. The number of benzene rings is 1. The minimum Gasteiger partial charge on any atom is -0.493 e. The van der Waals surface area contributed by atoms with Gasteiger partial charge in [0.2, 0.25) is 0 Å². The minimum atomic E-state index is -0.650. The van der Waals surface area contributed by atoms with Crippen molar-refractivity contribution in [1.82, 2.24) is 4.90 Å². The van der Waals surface area contributed by atoms with E-state index >= 15 is 0 Å². The zero-order valence-corrected chi connectivity index (χ0v) is 15.9. The van der Waals surface area contributed by atoms with Gasteiger partial charge in [0, 0.05) is 35.5 Å². The van der Waals surface area contributed by atoms with Crippen LogP contribution in [0.5, 0.6) is 5.75 Å². The molecule has 0 spiro atoms. The van der Waals surface area contributed by atoms with Crippen LogP contribution in [0, 0.1) is 11.8 Å². The Morgan fingerprint density at radius 1 is 1.42 bits per heavy atom. The molecule has 6 heteroatoms. The zero-order chi connectivity index (χ0) is 18.5. The van der Waals surface area contributed by atoms with Gasteiger partial charge in [-0.25, -0.2) is 0 Å². The smallest absolute Gasteiger partial charge is 0.289 e. The second-order valence-corrected chi connectivity index (χ2v) is 8.00. The van der Waals surface area contributed by atoms with Gasteiger partial charge in [-0.2, -0.15) is 0 Å². The van der Waals surface area contributed by atoms with E-state index in [2.05, 4.69) is 0 Å². The lowest BCUT2D eigenvalue weighted by atomic mass is 9.69. The van der Waals surface area contributed by atoms with Crippen LogP contribution < -0.4 is 4.74 Å². The molecule has 26 heavy (non-hydrogen) atoms. The number of rotatable bonds is 3. The van der Waals surface area contributed by atoms with Gasteiger partial charge in [0.1, 0.15) is 0 Å². The topological polar surface area (TPSA) is 62.9 Å². The van der Waals surface area contributed by atoms with Crippen molar-refractivity contribution in [2.75, 3.05) is 20.2 Å². The predicted octanol–water partition coefficient (Wildman–Crippen LogP) is 4.11. The van der Waals surface area contributed by atoms with Gasteiger partial charge in [0.15, 0.2) is 17.1 Å². The highest BCUT2D eigenvalue weighted by atomic mass is 35.5. The molecule has 1 aromatic heterocycles. The standard InChI is InChI=1S/C20H24ClNO4/c1-3-20(24)6-4-5-12-10-22(11-15(12)20)19(23)17-8-13-7-14(21)9-16(25-2)18(13)26-17/h7-9,12,15,24H,3-6,10-11H2,1-2H3/t12-,15+,20-/m0/s1. The average molecular weight is 378 g/mol. The van der Waals surface area contributed by atoms with Crippen molar-refractivity contribution in [3.8, 4) is 5.75 Å². The Kier molecular flexibility index (Phi) is 4.40. The number of likely N-dealkylation sites (tertiary alicyclic amines) is 1. The highest BCUT2D eigenvalue weighted by Crippen LogP contribution is 2.44. The van der Waals surface area contributed by atoms with Crippen LogP contribution in [0.3, 0.4) is 0 Å². The van der Waals surface area contributed by atoms with Gasteiger partial charge >= 0.3 is 0 Å². The number of carbonyl (C=O) groups is 1. The molecule has 4 rings (SSSR count). The van der Waals surface area contributed by atoms with Crippen molar-refractivity contribution in [1.29, 1.82) is 0 Å². The van der Waals surface area contributed by atoms with Crippen molar-refractivity contribution in [2.45, 2.75) is 38.2 Å². The summed E-state index contributed by atoms with van der Waals surface area (Å²) in [5, 5.41) is 12.2. The van der Waals surface area contributed by atoms with Crippen LogP contribution in [-0.4, -0.2) is 41.7 Å².